The Balaban J connectivity index is 1.60. The van der Waals surface area contributed by atoms with Gasteiger partial charge in [0.25, 0.3) is 0 Å². The van der Waals surface area contributed by atoms with Crippen LogP contribution in [0.4, 0.5) is 26.6 Å². The van der Waals surface area contributed by atoms with Gasteiger partial charge in [0.1, 0.15) is 35.4 Å². The van der Waals surface area contributed by atoms with Crippen molar-refractivity contribution in [2.24, 2.45) is 0 Å². The van der Waals surface area contributed by atoms with Crippen molar-refractivity contribution >= 4 is 45.5 Å². The summed E-state index contributed by atoms with van der Waals surface area (Å²) in [6.07, 6.45) is 2.87. The molecular formula is C22H23FN6O2. The first-order chi connectivity index (χ1) is 14.8. The number of hydrogen-bond donors (Lipinski definition) is 2. The third kappa shape index (κ3) is 4.55. The van der Waals surface area contributed by atoms with Crippen LogP contribution in [0.1, 0.15) is 20.8 Å². The van der Waals surface area contributed by atoms with Gasteiger partial charge < -0.3 is 15.0 Å². The molecule has 0 aromatic carbocycles. The molecule has 1 amide bonds. The molecule has 160 valence electrons. The first-order valence-corrected chi connectivity index (χ1v) is 9.87. The van der Waals surface area contributed by atoms with Crippen LogP contribution >= 0.6 is 0 Å². The van der Waals surface area contributed by atoms with Crippen molar-refractivity contribution in [2.45, 2.75) is 26.4 Å². The van der Waals surface area contributed by atoms with Crippen molar-refractivity contribution in [2.75, 3.05) is 23.4 Å². The maximum absolute atomic E-state index is 13.1. The molecule has 31 heavy (non-hydrogen) atoms. The Kier molecular flexibility index (Phi) is 5.41. The number of amides is 1. The van der Waals surface area contributed by atoms with Gasteiger partial charge in [-0.2, -0.15) is 0 Å². The third-order valence-corrected chi connectivity index (χ3v) is 4.45. The van der Waals surface area contributed by atoms with E-state index in [9.17, 15) is 9.18 Å². The van der Waals surface area contributed by atoms with Crippen LogP contribution in [0, 0.1) is 0 Å². The molecule has 4 aromatic rings. The van der Waals surface area contributed by atoms with Crippen LogP contribution < -0.4 is 10.2 Å². The summed E-state index contributed by atoms with van der Waals surface area (Å²) in [5.41, 5.74) is 0.974. The monoisotopic (exact) mass is 422 g/mol. The normalized spacial score (nSPS) is 11.6. The molecule has 0 aliphatic carbocycles. The second-order valence-corrected chi connectivity index (χ2v) is 7.97. The number of fused-ring (bicyclic) bond motifs is 3. The summed E-state index contributed by atoms with van der Waals surface area (Å²) in [4.78, 5) is 30.2. The van der Waals surface area contributed by atoms with Crippen molar-refractivity contribution in [3.8, 4) is 0 Å². The molecule has 0 bridgehead atoms. The highest BCUT2D eigenvalue weighted by Crippen LogP contribution is 2.26. The molecule has 4 rings (SSSR count). The highest BCUT2D eigenvalue weighted by atomic mass is 19.1. The minimum atomic E-state index is -0.716. The van der Waals surface area contributed by atoms with Crippen molar-refractivity contribution in [3.05, 3.63) is 48.8 Å². The smallest absolute Gasteiger partial charge is 0.416 e. The van der Waals surface area contributed by atoms with Crippen molar-refractivity contribution in [1.82, 2.24) is 19.9 Å². The molecule has 2 N–H and O–H groups in total. The molecule has 0 spiro atoms. The van der Waals surface area contributed by atoms with Gasteiger partial charge in [0.2, 0.25) is 0 Å². The van der Waals surface area contributed by atoms with Gasteiger partial charge >= 0.3 is 6.09 Å². The molecule has 0 atom stereocenters. The van der Waals surface area contributed by atoms with E-state index < -0.39 is 18.4 Å². The van der Waals surface area contributed by atoms with Crippen molar-refractivity contribution in [1.29, 1.82) is 0 Å². The van der Waals surface area contributed by atoms with E-state index in [1.165, 1.54) is 4.90 Å². The van der Waals surface area contributed by atoms with E-state index in [4.69, 9.17) is 4.74 Å². The van der Waals surface area contributed by atoms with E-state index in [1.54, 1.807) is 51.4 Å². The van der Waals surface area contributed by atoms with Crippen molar-refractivity contribution < 1.29 is 13.9 Å². The second kappa shape index (κ2) is 8.17. The lowest BCUT2D eigenvalue weighted by atomic mass is 10.2. The molecule has 4 heterocycles. The van der Waals surface area contributed by atoms with E-state index in [2.05, 4.69) is 25.3 Å². The summed E-state index contributed by atoms with van der Waals surface area (Å²) in [7, 11) is 0. The molecule has 0 radical (unpaired) electrons. The molecule has 0 unspecified atom stereocenters. The Bertz CT molecular complexity index is 1230. The lowest BCUT2D eigenvalue weighted by Crippen LogP contribution is -2.38. The Morgan fingerprint density at radius 2 is 1.94 bits per heavy atom. The molecule has 0 fully saturated rings. The lowest BCUT2D eigenvalue weighted by Gasteiger charge is -2.26. The number of nitrogens with zero attached hydrogens (tertiary/aromatic N) is 4. The van der Waals surface area contributed by atoms with Crippen LogP contribution in [0.15, 0.2) is 48.8 Å². The fourth-order valence-electron chi connectivity index (χ4n) is 3.16. The number of nitrogens with one attached hydrogen (secondary N) is 2. The summed E-state index contributed by atoms with van der Waals surface area (Å²) in [5, 5.41) is 5.10. The SMILES string of the molecule is CC(C)(C)OC(=O)N(CCF)c1cccc(Nc2ccc3c(n2)[nH]c2ccncc23)n1. The third-order valence-electron chi connectivity index (χ3n) is 4.45. The maximum atomic E-state index is 13.1. The van der Waals surface area contributed by atoms with Crippen LogP contribution in [0.5, 0.6) is 0 Å². The number of aromatic nitrogens is 4. The standard InChI is InChI=1S/C22H23FN6O2/c1-22(2,3)31-21(30)29(12-10-23)19-6-4-5-17(27-19)26-18-8-7-14-15-13-24-11-9-16(15)25-20(14)28-18/h4-9,11,13H,10,12H2,1-3H3,(H2,25,26,27,28). The molecule has 0 aliphatic rings. The van der Waals surface area contributed by atoms with E-state index in [1.807, 2.05) is 18.2 Å². The Morgan fingerprint density at radius 1 is 1.13 bits per heavy atom. The van der Waals surface area contributed by atoms with Gasteiger partial charge in [0.05, 0.1) is 12.1 Å². The number of aromatic amines is 1. The van der Waals surface area contributed by atoms with Gasteiger partial charge in [-0.15, -0.1) is 0 Å². The number of halogens is 1. The topological polar surface area (TPSA) is 96.0 Å². The molecule has 0 aliphatic heterocycles. The van der Waals surface area contributed by atoms with Gasteiger partial charge in [-0.25, -0.2) is 19.2 Å². The predicted molar refractivity (Wildman–Crippen MR) is 118 cm³/mol. The lowest BCUT2D eigenvalue weighted by molar-refractivity contribution is 0.0577. The predicted octanol–water partition coefficient (Wildman–Crippen LogP) is 4.96. The summed E-state index contributed by atoms with van der Waals surface area (Å²) >= 11 is 0. The van der Waals surface area contributed by atoms with E-state index in [0.29, 0.717) is 11.6 Å². The molecule has 8 nitrogen and oxygen atoms in total. The fourth-order valence-corrected chi connectivity index (χ4v) is 3.16. The summed E-state index contributed by atoms with van der Waals surface area (Å²) in [5.74, 6) is 1.33. The Hall–Kier alpha value is -3.75. The molecule has 0 saturated heterocycles. The zero-order chi connectivity index (χ0) is 22.0. The molecule has 0 saturated carbocycles. The number of carbonyl (C=O) groups is 1. The fraction of sp³-hybridized carbons (Fsp3) is 0.273. The van der Waals surface area contributed by atoms with E-state index in [0.717, 1.165) is 21.9 Å². The Labute approximate surface area is 178 Å². The summed E-state index contributed by atoms with van der Waals surface area (Å²) in [6, 6.07) is 10.8. The molecular weight excluding hydrogens is 399 g/mol. The number of H-pyrrole nitrogens is 1. The van der Waals surface area contributed by atoms with Gasteiger partial charge in [-0.3, -0.25) is 9.88 Å². The number of carbonyl (C=O) groups excluding carboxylic acids is 1. The second-order valence-electron chi connectivity index (χ2n) is 7.97. The van der Waals surface area contributed by atoms with E-state index in [-0.39, 0.29) is 12.4 Å². The number of hydrogen-bond acceptors (Lipinski definition) is 6. The first kappa shape index (κ1) is 20.5. The van der Waals surface area contributed by atoms with Crippen LogP contribution in [0.2, 0.25) is 0 Å². The minimum absolute atomic E-state index is 0.154. The zero-order valence-electron chi connectivity index (χ0n) is 17.5. The first-order valence-electron chi connectivity index (χ1n) is 9.87. The molecule has 9 heteroatoms. The number of rotatable bonds is 5. The van der Waals surface area contributed by atoms with Crippen LogP contribution in [0.25, 0.3) is 21.9 Å². The largest absolute Gasteiger partial charge is 0.443 e. The Morgan fingerprint density at radius 3 is 2.71 bits per heavy atom. The van der Waals surface area contributed by atoms with Gasteiger partial charge in [0.15, 0.2) is 0 Å². The highest BCUT2D eigenvalue weighted by molar-refractivity contribution is 6.05. The number of alkyl halides is 1. The highest BCUT2D eigenvalue weighted by Gasteiger charge is 2.24. The number of anilines is 3. The maximum Gasteiger partial charge on any atom is 0.416 e. The van der Waals surface area contributed by atoms with Gasteiger partial charge in [0, 0.05) is 23.2 Å². The average molecular weight is 422 g/mol. The van der Waals surface area contributed by atoms with Crippen LogP contribution in [0.3, 0.4) is 0 Å². The van der Waals surface area contributed by atoms with Gasteiger partial charge in [-0.05, 0) is 51.1 Å². The average Bonchev–Trinajstić information content (AvgIpc) is 3.08. The summed E-state index contributed by atoms with van der Waals surface area (Å²) in [6.45, 7) is 4.40. The van der Waals surface area contributed by atoms with E-state index >= 15 is 0 Å². The number of pyridine rings is 3. The number of ether oxygens (including phenoxy) is 1. The van der Waals surface area contributed by atoms with Crippen LogP contribution in [-0.4, -0.2) is 44.8 Å². The molecule has 4 aromatic heterocycles. The zero-order valence-corrected chi connectivity index (χ0v) is 17.5. The van der Waals surface area contributed by atoms with Crippen molar-refractivity contribution in [3.63, 3.8) is 0 Å². The van der Waals surface area contributed by atoms with Gasteiger partial charge in [-0.1, -0.05) is 6.07 Å². The summed E-state index contributed by atoms with van der Waals surface area (Å²) < 4.78 is 18.5. The minimum Gasteiger partial charge on any atom is -0.443 e. The van der Waals surface area contributed by atoms with Crippen LogP contribution in [-0.2, 0) is 4.74 Å². The quantitative estimate of drug-likeness (QED) is 0.472.